The first-order valence-corrected chi connectivity index (χ1v) is 8.91. The highest BCUT2D eigenvalue weighted by molar-refractivity contribution is 9.10. The summed E-state index contributed by atoms with van der Waals surface area (Å²) < 4.78 is 8.90. The van der Waals surface area contributed by atoms with Gasteiger partial charge in [-0.2, -0.15) is 0 Å². The molecule has 0 amide bonds. The van der Waals surface area contributed by atoms with Crippen molar-refractivity contribution in [3.8, 4) is 5.75 Å². The van der Waals surface area contributed by atoms with Crippen LogP contribution in [0.4, 0.5) is 0 Å². The lowest BCUT2D eigenvalue weighted by Gasteiger charge is -2.08. The second-order valence-electron chi connectivity index (χ2n) is 6.31. The molecule has 24 heavy (non-hydrogen) atoms. The van der Waals surface area contributed by atoms with Gasteiger partial charge in [-0.1, -0.05) is 34.1 Å². The summed E-state index contributed by atoms with van der Waals surface area (Å²) in [6, 6.07) is 14.7. The molecule has 0 saturated carbocycles. The van der Waals surface area contributed by atoms with Crippen LogP contribution in [0.2, 0.25) is 0 Å². The fourth-order valence-electron chi connectivity index (χ4n) is 2.96. The van der Waals surface area contributed by atoms with Crippen LogP contribution in [0, 0.1) is 0 Å². The van der Waals surface area contributed by atoms with Gasteiger partial charge in [0.1, 0.15) is 5.75 Å². The number of fused-ring (bicyclic) bond motifs is 1. The zero-order valence-corrected chi connectivity index (χ0v) is 16.0. The quantitative estimate of drug-likeness (QED) is 0.617. The Labute approximate surface area is 152 Å². The number of ether oxygens (including phenoxy) is 1. The molecule has 1 aromatic heterocycles. The molecule has 0 N–H and O–H groups in total. The Morgan fingerprint density at radius 3 is 2.58 bits per heavy atom. The van der Waals surface area contributed by atoms with E-state index in [1.807, 2.05) is 6.07 Å². The zero-order valence-electron chi connectivity index (χ0n) is 14.4. The normalized spacial score (nSPS) is 11.4. The van der Waals surface area contributed by atoms with Crippen molar-refractivity contribution in [2.24, 2.45) is 0 Å². The first kappa shape index (κ1) is 17.1. The highest BCUT2D eigenvalue weighted by Crippen LogP contribution is 2.28. The lowest BCUT2D eigenvalue weighted by Crippen LogP contribution is -2.14. The highest BCUT2D eigenvalue weighted by Gasteiger charge is 2.11. The minimum atomic E-state index is 0.853. The summed E-state index contributed by atoms with van der Waals surface area (Å²) in [5, 5.41) is 1.28. The van der Waals surface area contributed by atoms with E-state index in [1.165, 1.54) is 22.0 Å². The molecule has 0 bridgehead atoms. The van der Waals surface area contributed by atoms with Gasteiger partial charge in [-0.15, -0.1) is 0 Å². The van der Waals surface area contributed by atoms with Crippen LogP contribution in [0.5, 0.6) is 5.75 Å². The number of methoxy groups -OCH3 is 1. The summed E-state index contributed by atoms with van der Waals surface area (Å²) in [6.07, 6.45) is 3.31. The van der Waals surface area contributed by atoms with Gasteiger partial charge >= 0.3 is 0 Å². The van der Waals surface area contributed by atoms with E-state index in [0.717, 1.165) is 29.7 Å². The largest absolute Gasteiger partial charge is 0.497 e. The molecule has 0 fully saturated rings. The van der Waals surface area contributed by atoms with Crippen molar-refractivity contribution in [2.75, 3.05) is 27.7 Å². The average molecular weight is 387 g/mol. The number of nitrogens with zero attached hydrogens (tertiary/aromatic N) is 2. The maximum Gasteiger partial charge on any atom is 0.119 e. The molecule has 0 aliphatic carbocycles. The van der Waals surface area contributed by atoms with Crippen LogP contribution in [-0.4, -0.2) is 37.2 Å². The number of likely N-dealkylation sites (N-methyl/N-ethyl adjacent to an activating group) is 1. The van der Waals surface area contributed by atoms with E-state index in [4.69, 9.17) is 4.74 Å². The van der Waals surface area contributed by atoms with E-state index < -0.39 is 0 Å². The third-order valence-corrected chi connectivity index (χ3v) is 5.07. The van der Waals surface area contributed by atoms with Crippen LogP contribution < -0.4 is 4.74 Å². The predicted octanol–water partition coefficient (Wildman–Crippen LogP) is 4.56. The van der Waals surface area contributed by atoms with Crippen LogP contribution in [0.3, 0.4) is 0 Å². The van der Waals surface area contributed by atoms with Crippen LogP contribution >= 0.6 is 15.9 Å². The van der Waals surface area contributed by atoms with Gasteiger partial charge < -0.3 is 14.2 Å². The summed E-state index contributed by atoms with van der Waals surface area (Å²) in [4.78, 5) is 2.22. The topological polar surface area (TPSA) is 17.4 Å². The minimum Gasteiger partial charge on any atom is -0.497 e. The Kier molecular flexibility index (Phi) is 5.27. The summed E-state index contributed by atoms with van der Waals surface area (Å²) in [5.74, 6) is 0.909. The molecule has 0 unspecified atom stereocenters. The molecule has 3 nitrogen and oxygen atoms in total. The molecule has 0 saturated heterocycles. The summed E-state index contributed by atoms with van der Waals surface area (Å²) in [5.41, 5.74) is 3.90. The van der Waals surface area contributed by atoms with E-state index in [9.17, 15) is 0 Å². The third-order valence-electron chi connectivity index (χ3n) is 4.30. The van der Waals surface area contributed by atoms with Gasteiger partial charge in [-0.3, -0.25) is 0 Å². The van der Waals surface area contributed by atoms with Crippen molar-refractivity contribution < 1.29 is 4.74 Å². The summed E-state index contributed by atoms with van der Waals surface area (Å²) in [6.45, 7) is 1.89. The van der Waals surface area contributed by atoms with Crippen molar-refractivity contribution in [2.45, 2.75) is 13.0 Å². The number of benzene rings is 2. The van der Waals surface area contributed by atoms with Crippen molar-refractivity contribution in [3.05, 3.63) is 64.3 Å². The molecular weight excluding hydrogens is 364 g/mol. The van der Waals surface area contributed by atoms with Crippen LogP contribution in [0.1, 0.15) is 11.1 Å². The molecule has 2 aromatic carbocycles. The SMILES string of the molecule is COc1ccc2c(c1)c(CCN(C)C)cn2Cc1ccccc1Br. The Morgan fingerprint density at radius 1 is 1.08 bits per heavy atom. The summed E-state index contributed by atoms with van der Waals surface area (Å²) in [7, 11) is 5.94. The lowest BCUT2D eigenvalue weighted by molar-refractivity contribution is 0.413. The predicted molar refractivity (Wildman–Crippen MR) is 104 cm³/mol. The fourth-order valence-corrected chi connectivity index (χ4v) is 3.37. The Morgan fingerprint density at radius 2 is 1.88 bits per heavy atom. The highest BCUT2D eigenvalue weighted by atomic mass is 79.9. The van der Waals surface area contributed by atoms with Crippen LogP contribution in [-0.2, 0) is 13.0 Å². The zero-order chi connectivity index (χ0) is 17.1. The van der Waals surface area contributed by atoms with Gasteiger partial charge in [-0.05, 0) is 55.9 Å². The molecule has 126 valence electrons. The Bertz CT molecular complexity index is 839. The number of hydrogen-bond acceptors (Lipinski definition) is 2. The molecule has 3 aromatic rings. The number of rotatable bonds is 6. The smallest absolute Gasteiger partial charge is 0.119 e. The first-order valence-electron chi connectivity index (χ1n) is 8.12. The van der Waals surface area contributed by atoms with Gasteiger partial charge in [0.15, 0.2) is 0 Å². The first-order chi connectivity index (χ1) is 11.6. The molecule has 0 aliphatic heterocycles. The molecule has 1 heterocycles. The molecule has 4 heteroatoms. The van der Waals surface area contributed by atoms with Gasteiger partial charge in [0.2, 0.25) is 0 Å². The number of halogens is 1. The van der Waals surface area contributed by atoms with Gasteiger partial charge in [0.05, 0.1) is 7.11 Å². The van der Waals surface area contributed by atoms with E-state index in [-0.39, 0.29) is 0 Å². The molecular formula is C20H23BrN2O. The van der Waals surface area contributed by atoms with Gasteiger partial charge in [-0.25, -0.2) is 0 Å². The van der Waals surface area contributed by atoms with Crippen molar-refractivity contribution in [3.63, 3.8) is 0 Å². The van der Waals surface area contributed by atoms with E-state index in [1.54, 1.807) is 7.11 Å². The molecule has 0 radical (unpaired) electrons. The second kappa shape index (κ2) is 7.41. The number of hydrogen-bond donors (Lipinski definition) is 0. The molecule has 0 aliphatic rings. The van der Waals surface area contributed by atoms with E-state index in [2.05, 4.69) is 82.1 Å². The second-order valence-corrected chi connectivity index (χ2v) is 7.16. The van der Waals surface area contributed by atoms with Crippen LogP contribution in [0.25, 0.3) is 10.9 Å². The maximum absolute atomic E-state index is 5.42. The average Bonchev–Trinajstić information content (AvgIpc) is 2.92. The van der Waals surface area contributed by atoms with E-state index >= 15 is 0 Å². The standard InChI is InChI=1S/C20H23BrN2O/c1-22(2)11-10-15-13-23(14-16-6-4-5-7-19(16)21)20-9-8-17(24-3)12-18(15)20/h4-9,12-13H,10-11,14H2,1-3H3. The Hall–Kier alpha value is -1.78. The van der Waals surface area contributed by atoms with Gasteiger partial charge in [0, 0.05) is 34.7 Å². The van der Waals surface area contributed by atoms with Crippen LogP contribution in [0.15, 0.2) is 53.1 Å². The lowest BCUT2D eigenvalue weighted by atomic mass is 10.1. The van der Waals surface area contributed by atoms with Crippen molar-refractivity contribution in [1.82, 2.24) is 9.47 Å². The van der Waals surface area contributed by atoms with Crippen molar-refractivity contribution >= 4 is 26.8 Å². The van der Waals surface area contributed by atoms with E-state index in [0.29, 0.717) is 0 Å². The monoisotopic (exact) mass is 386 g/mol. The maximum atomic E-state index is 5.42. The molecule has 0 atom stereocenters. The van der Waals surface area contributed by atoms with Crippen molar-refractivity contribution in [1.29, 1.82) is 0 Å². The molecule has 0 spiro atoms. The molecule has 3 rings (SSSR count). The van der Waals surface area contributed by atoms with Gasteiger partial charge in [0.25, 0.3) is 0 Å². The summed E-state index contributed by atoms with van der Waals surface area (Å²) >= 11 is 3.66. The minimum absolute atomic E-state index is 0.853. The third kappa shape index (κ3) is 3.65. The Balaban J connectivity index is 2.02. The number of aromatic nitrogens is 1. The fraction of sp³-hybridized carbons (Fsp3) is 0.300.